The number of hydrogen-bond acceptors (Lipinski definition) is 5. The van der Waals surface area contributed by atoms with E-state index in [1.54, 1.807) is 25.3 Å². The fourth-order valence-electron chi connectivity index (χ4n) is 2.79. The number of amides is 1. The van der Waals surface area contributed by atoms with Gasteiger partial charge in [-0.25, -0.2) is 13.1 Å². The summed E-state index contributed by atoms with van der Waals surface area (Å²) < 4.78 is 37.8. The lowest BCUT2D eigenvalue weighted by molar-refractivity contribution is 0.0954. The molecule has 0 aliphatic carbocycles. The standard InChI is InChI=1S/C21H22N2O5S/c1-27-20-10-3-2-6-16(20)11-12-22-21(24)17-7-4-9-19(14-17)29(25,26)23-15-18-8-5-13-28-18/h2-10,13-14,23H,11-12,15H2,1H3,(H,22,24). The van der Waals surface area contributed by atoms with Crippen molar-refractivity contribution in [2.45, 2.75) is 17.9 Å². The van der Waals surface area contributed by atoms with Gasteiger partial charge in [0.2, 0.25) is 10.0 Å². The van der Waals surface area contributed by atoms with Crippen LogP contribution in [0, 0.1) is 0 Å². The number of sulfonamides is 1. The smallest absolute Gasteiger partial charge is 0.251 e. The highest BCUT2D eigenvalue weighted by Gasteiger charge is 2.16. The summed E-state index contributed by atoms with van der Waals surface area (Å²) in [5, 5.41) is 2.81. The fraction of sp³-hybridized carbons (Fsp3) is 0.190. The van der Waals surface area contributed by atoms with Crippen LogP contribution in [0.3, 0.4) is 0 Å². The maximum atomic E-state index is 12.5. The first-order chi connectivity index (χ1) is 14.0. The molecule has 29 heavy (non-hydrogen) atoms. The van der Waals surface area contributed by atoms with E-state index in [0.717, 1.165) is 11.3 Å². The van der Waals surface area contributed by atoms with E-state index in [4.69, 9.17) is 9.15 Å². The molecule has 3 aromatic rings. The zero-order valence-corrected chi connectivity index (χ0v) is 16.7. The number of furan rings is 1. The van der Waals surface area contributed by atoms with Crippen molar-refractivity contribution >= 4 is 15.9 Å². The van der Waals surface area contributed by atoms with Gasteiger partial charge in [-0.05, 0) is 48.4 Å². The Morgan fingerprint density at radius 1 is 1.07 bits per heavy atom. The van der Waals surface area contributed by atoms with Crippen molar-refractivity contribution in [1.29, 1.82) is 0 Å². The minimum atomic E-state index is -3.77. The lowest BCUT2D eigenvalue weighted by atomic mass is 10.1. The molecule has 0 radical (unpaired) electrons. The third-order valence-electron chi connectivity index (χ3n) is 4.30. The minimum absolute atomic E-state index is 0.0152. The number of carbonyl (C=O) groups excluding carboxylic acids is 1. The summed E-state index contributed by atoms with van der Waals surface area (Å²) in [6.07, 6.45) is 2.07. The molecule has 1 amide bonds. The normalized spacial score (nSPS) is 11.2. The summed E-state index contributed by atoms with van der Waals surface area (Å²) >= 11 is 0. The van der Waals surface area contributed by atoms with Crippen LogP contribution in [0.15, 0.2) is 76.2 Å². The first kappa shape index (κ1) is 20.6. The van der Waals surface area contributed by atoms with Gasteiger partial charge in [0.25, 0.3) is 5.91 Å². The first-order valence-corrected chi connectivity index (χ1v) is 10.5. The third kappa shape index (κ3) is 5.46. The molecule has 0 fully saturated rings. The monoisotopic (exact) mass is 414 g/mol. The van der Waals surface area contributed by atoms with E-state index in [1.165, 1.54) is 24.5 Å². The number of methoxy groups -OCH3 is 1. The number of rotatable bonds is 9. The molecule has 2 N–H and O–H groups in total. The zero-order valence-electron chi connectivity index (χ0n) is 15.9. The molecule has 1 aromatic heterocycles. The number of hydrogen-bond donors (Lipinski definition) is 2. The van der Waals surface area contributed by atoms with E-state index < -0.39 is 10.0 Å². The average molecular weight is 414 g/mol. The summed E-state index contributed by atoms with van der Waals surface area (Å²) in [7, 11) is -2.17. The molecule has 152 valence electrons. The van der Waals surface area contributed by atoms with Crippen molar-refractivity contribution in [3.05, 3.63) is 83.8 Å². The van der Waals surface area contributed by atoms with Crippen LogP contribution in [-0.4, -0.2) is 28.0 Å². The molecule has 1 heterocycles. The van der Waals surface area contributed by atoms with E-state index in [9.17, 15) is 13.2 Å². The quantitative estimate of drug-likeness (QED) is 0.561. The van der Waals surface area contributed by atoms with Crippen molar-refractivity contribution in [1.82, 2.24) is 10.0 Å². The van der Waals surface area contributed by atoms with E-state index in [2.05, 4.69) is 10.0 Å². The van der Waals surface area contributed by atoms with Crippen LogP contribution >= 0.6 is 0 Å². The zero-order chi connectivity index (χ0) is 20.7. The summed E-state index contributed by atoms with van der Waals surface area (Å²) in [4.78, 5) is 12.5. The molecule has 2 aromatic carbocycles. The number of ether oxygens (including phenoxy) is 1. The van der Waals surface area contributed by atoms with Crippen LogP contribution in [-0.2, 0) is 23.0 Å². The number of para-hydroxylation sites is 1. The van der Waals surface area contributed by atoms with Crippen LogP contribution in [0.4, 0.5) is 0 Å². The Morgan fingerprint density at radius 2 is 1.90 bits per heavy atom. The second-order valence-corrected chi connectivity index (χ2v) is 8.02. The lowest BCUT2D eigenvalue weighted by Crippen LogP contribution is -2.27. The molecule has 0 aliphatic rings. The molecule has 3 rings (SSSR count). The Morgan fingerprint density at radius 3 is 2.66 bits per heavy atom. The molecule has 7 nitrogen and oxygen atoms in total. The molecule has 0 saturated carbocycles. The molecule has 0 saturated heterocycles. The molecular weight excluding hydrogens is 392 g/mol. The Labute approximate surface area is 169 Å². The maximum absolute atomic E-state index is 12.5. The van der Waals surface area contributed by atoms with Gasteiger partial charge in [0, 0.05) is 12.1 Å². The Kier molecular flexibility index (Phi) is 6.69. The molecule has 0 spiro atoms. The molecule has 0 bridgehead atoms. The van der Waals surface area contributed by atoms with Crippen LogP contribution in [0.25, 0.3) is 0 Å². The Hall–Kier alpha value is -3.10. The summed E-state index contributed by atoms with van der Waals surface area (Å²) in [6.45, 7) is 0.428. The van der Waals surface area contributed by atoms with E-state index >= 15 is 0 Å². The number of benzene rings is 2. The highest BCUT2D eigenvalue weighted by Crippen LogP contribution is 2.17. The first-order valence-electron chi connectivity index (χ1n) is 9.02. The number of nitrogens with one attached hydrogen (secondary N) is 2. The van der Waals surface area contributed by atoms with Crippen LogP contribution in [0.1, 0.15) is 21.7 Å². The second-order valence-electron chi connectivity index (χ2n) is 6.25. The van der Waals surface area contributed by atoms with E-state index in [1.807, 2.05) is 24.3 Å². The fourth-order valence-corrected chi connectivity index (χ4v) is 3.83. The van der Waals surface area contributed by atoms with Crippen LogP contribution < -0.4 is 14.8 Å². The van der Waals surface area contributed by atoms with Crippen LogP contribution in [0.5, 0.6) is 5.75 Å². The summed E-state index contributed by atoms with van der Waals surface area (Å²) in [5.41, 5.74) is 1.25. The van der Waals surface area contributed by atoms with Gasteiger partial charge < -0.3 is 14.5 Å². The maximum Gasteiger partial charge on any atom is 0.251 e. The van der Waals surface area contributed by atoms with Gasteiger partial charge in [0.15, 0.2) is 0 Å². The largest absolute Gasteiger partial charge is 0.496 e. The van der Waals surface area contributed by atoms with Crippen molar-refractivity contribution in [2.75, 3.05) is 13.7 Å². The van der Waals surface area contributed by atoms with Crippen molar-refractivity contribution < 1.29 is 22.4 Å². The third-order valence-corrected chi connectivity index (χ3v) is 5.69. The topological polar surface area (TPSA) is 97.6 Å². The molecule has 8 heteroatoms. The van der Waals surface area contributed by atoms with Gasteiger partial charge in [-0.3, -0.25) is 4.79 Å². The van der Waals surface area contributed by atoms with E-state index in [-0.39, 0.29) is 22.9 Å². The Bertz CT molecular complexity index is 1060. The van der Waals surface area contributed by atoms with Gasteiger partial charge in [0.05, 0.1) is 24.8 Å². The van der Waals surface area contributed by atoms with Crippen molar-refractivity contribution in [3.8, 4) is 5.75 Å². The van der Waals surface area contributed by atoms with Gasteiger partial charge in [0.1, 0.15) is 11.5 Å². The Balaban J connectivity index is 1.61. The SMILES string of the molecule is COc1ccccc1CCNC(=O)c1cccc(S(=O)(=O)NCc2ccco2)c1. The van der Waals surface area contributed by atoms with Crippen molar-refractivity contribution in [3.63, 3.8) is 0 Å². The van der Waals surface area contributed by atoms with Gasteiger partial charge >= 0.3 is 0 Å². The minimum Gasteiger partial charge on any atom is -0.496 e. The second kappa shape index (κ2) is 9.40. The van der Waals surface area contributed by atoms with Crippen LogP contribution in [0.2, 0.25) is 0 Å². The highest BCUT2D eigenvalue weighted by molar-refractivity contribution is 7.89. The molecule has 0 atom stereocenters. The average Bonchev–Trinajstić information content (AvgIpc) is 3.26. The summed E-state index contributed by atoms with van der Waals surface area (Å²) in [5.74, 6) is 0.916. The van der Waals surface area contributed by atoms with Gasteiger partial charge in [-0.1, -0.05) is 24.3 Å². The van der Waals surface area contributed by atoms with Gasteiger partial charge in [-0.15, -0.1) is 0 Å². The molecule has 0 aliphatic heterocycles. The van der Waals surface area contributed by atoms with Gasteiger partial charge in [-0.2, -0.15) is 0 Å². The highest BCUT2D eigenvalue weighted by atomic mass is 32.2. The molecular formula is C21H22N2O5S. The predicted octanol–water partition coefficient (Wildman–Crippen LogP) is 2.74. The van der Waals surface area contributed by atoms with Crippen molar-refractivity contribution in [2.24, 2.45) is 0 Å². The summed E-state index contributed by atoms with van der Waals surface area (Å²) in [6, 6.07) is 16.8. The molecule has 0 unspecified atom stereocenters. The number of carbonyl (C=O) groups is 1. The predicted molar refractivity (Wildman–Crippen MR) is 108 cm³/mol. The lowest BCUT2D eigenvalue weighted by Gasteiger charge is -2.10. The van der Waals surface area contributed by atoms with E-state index in [0.29, 0.717) is 18.7 Å².